The lowest BCUT2D eigenvalue weighted by molar-refractivity contribution is 0.462. The summed E-state index contributed by atoms with van der Waals surface area (Å²) in [6, 6.07) is 11.2. The number of nitrogens with one attached hydrogen (secondary N) is 1. The molecule has 1 unspecified atom stereocenters. The monoisotopic (exact) mass is 399 g/mol. The van der Waals surface area contributed by atoms with E-state index in [0.29, 0.717) is 6.04 Å². The summed E-state index contributed by atoms with van der Waals surface area (Å²) in [4.78, 5) is 1.54. The summed E-state index contributed by atoms with van der Waals surface area (Å²) in [5.41, 5.74) is 2.82. The van der Waals surface area contributed by atoms with E-state index in [2.05, 4.69) is 67.5 Å². The average molecular weight is 401 g/mol. The van der Waals surface area contributed by atoms with Gasteiger partial charge in [-0.2, -0.15) is 0 Å². The second kappa shape index (κ2) is 6.08. The van der Waals surface area contributed by atoms with E-state index >= 15 is 0 Å². The van der Waals surface area contributed by atoms with Gasteiger partial charge >= 0.3 is 0 Å². The quantitative estimate of drug-likeness (QED) is 0.723. The Morgan fingerprint density at radius 1 is 1.26 bits per heavy atom. The molecule has 0 radical (unpaired) electrons. The Bertz CT molecular complexity index is 579. The van der Waals surface area contributed by atoms with Crippen molar-refractivity contribution in [2.45, 2.75) is 31.8 Å². The van der Waals surface area contributed by atoms with Crippen molar-refractivity contribution in [2.24, 2.45) is 0 Å². The van der Waals surface area contributed by atoms with Crippen molar-refractivity contribution >= 4 is 43.2 Å². The fourth-order valence-electron chi connectivity index (χ4n) is 2.61. The van der Waals surface area contributed by atoms with Crippen molar-refractivity contribution in [3.05, 3.63) is 54.6 Å². The average Bonchev–Trinajstić information content (AvgIpc) is 2.78. The third-order valence-corrected chi connectivity index (χ3v) is 6.07. The Balaban J connectivity index is 1.73. The highest BCUT2D eigenvalue weighted by atomic mass is 79.9. The molecule has 0 amide bonds. The van der Waals surface area contributed by atoms with Crippen LogP contribution in [0.1, 0.15) is 34.9 Å². The second-order valence-electron chi connectivity index (χ2n) is 4.85. The Kier molecular flexibility index (Phi) is 4.42. The molecule has 0 fully saturated rings. The van der Waals surface area contributed by atoms with E-state index in [4.69, 9.17) is 0 Å². The van der Waals surface area contributed by atoms with Crippen LogP contribution in [-0.4, -0.2) is 0 Å². The van der Waals surface area contributed by atoms with E-state index in [1.54, 1.807) is 4.88 Å². The molecule has 1 aromatic heterocycles. The van der Waals surface area contributed by atoms with Crippen LogP contribution in [0.25, 0.3) is 0 Å². The van der Waals surface area contributed by atoms with Crippen LogP contribution in [-0.2, 0) is 13.0 Å². The Hall–Kier alpha value is -0.160. The van der Waals surface area contributed by atoms with Crippen LogP contribution >= 0.6 is 43.2 Å². The number of fused-ring (bicyclic) bond motifs is 1. The number of thiophene rings is 1. The van der Waals surface area contributed by atoms with E-state index in [0.717, 1.165) is 6.54 Å². The van der Waals surface area contributed by atoms with Crippen molar-refractivity contribution in [3.8, 4) is 0 Å². The zero-order valence-corrected chi connectivity index (χ0v) is 14.4. The molecule has 0 bridgehead atoms. The summed E-state index contributed by atoms with van der Waals surface area (Å²) >= 11 is 9.11. The number of rotatable bonds is 3. The maximum Gasteiger partial charge on any atom is 0.0704 e. The summed E-state index contributed by atoms with van der Waals surface area (Å²) in [7, 11) is 0. The minimum Gasteiger partial charge on any atom is -0.306 e. The molecule has 1 N–H and O–H groups in total. The van der Waals surface area contributed by atoms with Gasteiger partial charge in [-0.25, -0.2) is 0 Å². The molecule has 0 saturated carbocycles. The van der Waals surface area contributed by atoms with Crippen molar-refractivity contribution in [2.75, 3.05) is 0 Å². The molecular weight excluding hydrogens is 386 g/mol. The fraction of sp³-hybridized carbons (Fsp3) is 0.333. The molecule has 1 nitrogen and oxygen atoms in total. The van der Waals surface area contributed by atoms with Crippen molar-refractivity contribution in [1.82, 2.24) is 5.32 Å². The highest BCUT2D eigenvalue weighted by molar-refractivity contribution is 9.11. The zero-order chi connectivity index (χ0) is 13.2. The molecule has 2 aromatic rings. The van der Waals surface area contributed by atoms with Gasteiger partial charge in [-0.15, -0.1) is 11.3 Å². The van der Waals surface area contributed by atoms with Gasteiger partial charge in [0.15, 0.2) is 0 Å². The van der Waals surface area contributed by atoms with Crippen LogP contribution in [0.3, 0.4) is 0 Å². The first-order chi connectivity index (χ1) is 9.24. The molecular formula is C15H15Br2NS. The highest BCUT2D eigenvalue weighted by Crippen LogP contribution is 2.38. The lowest BCUT2D eigenvalue weighted by atomic mass is 9.94. The van der Waals surface area contributed by atoms with Crippen LogP contribution in [0.15, 0.2) is 38.6 Å². The van der Waals surface area contributed by atoms with Crippen molar-refractivity contribution in [3.63, 3.8) is 0 Å². The molecule has 4 heteroatoms. The SMILES string of the molecule is Brc1cc2c(s1)CCCC2NCc1ccccc1Br. The van der Waals surface area contributed by atoms with Crippen LogP contribution in [0, 0.1) is 0 Å². The third kappa shape index (κ3) is 3.13. The van der Waals surface area contributed by atoms with E-state index in [1.807, 2.05) is 11.3 Å². The number of hydrogen-bond acceptors (Lipinski definition) is 2. The predicted molar refractivity (Wildman–Crippen MR) is 88.7 cm³/mol. The zero-order valence-electron chi connectivity index (χ0n) is 10.5. The number of aryl methyl sites for hydroxylation is 1. The summed E-state index contributed by atoms with van der Waals surface area (Å²) in [6.07, 6.45) is 3.76. The van der Waals surface area contributed by atoms with Crippen molar-refractivity contribution < 1.29 is 0 Å². The first-order valence-corrected chi connectivity index (χ1v) is 8.89. The molecule has 1 heterocycles. The maximum atomic E-state index is 3.70. The van der Waals surface area contributed by atoms with Gasteiger partial charge in [-0.3, -0.25) is 0 Å². The number of benzene rings is 1. The normalized spacial score (nSPS) is 18.3. The Labute approximate surface area is 134 Å². The Morgan fingerprint density at radius 2 is 2.11 bits per heavy atom. The van der Waals surface area contributed by atoms with Crippen LogP contribution in [0.5, 0.6) is 0 Å². The van der Waals surface area contributed by atoms with Crippen molar-refractivity contribution in [1.29, 1.82) is 0 Å². The molecule has 1 aromatic carbocycles. The highest BCUT2D eigenvalue weighted by Gasteiger charge is 2.22. The van der Waals surface area contributed by atoms with Gasteiger partial charge in [0.05, 0.1) is 3.79 Å². The van der Waals surface area contributed by atoms with Gasteiger partial charge < -0.3 is 5.32 Å². The summed E-state index contributed by atoms with van der Waals surface area (Å²) in [6.45, 7) is 0.916. The number of hydrogen-bond donors (Lipinski definition) is 1. The Morgan fingerprint density at radius 3 is 2.95 bits per heavy atom. The molecule has 1 atom stereocenters. The molecule has 0 saturated heterocycles. The van der Waals surface area contributed by atoms with Gasteiger partial charge in [0.25, 0.3) is 0 Å². The van der Waals surface area contributed by atoms with E-state index < -0.39 is 0 Å². The van der Waals surface area contributed by atoms with E-state index in [9.17, 15) is 0 Å². The molecule has 1 aliphatic carbocycles. The number of halogens is 2. The third-order valence-electron chi connectivity index (χ3n) is 3.58. The molecule has 100 valence electrons. The van der Waals surface area contributed by atoms with Crippen LogP contribution in [0.4, 0.5) is 0 Å². The minimum atomic E-state index is 0.499. The van der Waals surface area contributed by atoms with E-state index in [-0.39, 0.29) is 0 Å². The molecule has 3 rings (SSSR count). The first-order valence-electron chi connectivity index (χ1n) is 6.49. The fourth-order valence-corrected chi connectivity index (χ4v) is 4.85. The van der Waals surface area contributed by atoms with E-state index in [1.165, 1.54) is 38.6 Å². The summed E-state index contributed by atoms with van der Waals surface area (Å²) in [5, 5.41) is 3.70. The lowest BCUT2D eigenvalue weighted by Crippen LogP contribution is -2.24. The van der Waals surface area contributed by atoms with Gasteiger partial charge in [-0.1, -0.05) is 34.1 Å². The molecule has 0 aliphatic heterocycles. The summed E-state index contributed by atoms with van der Waals surface area (Å²) < 4.78 is 2.44. The van der Waals surface area contributed by atoms with Crippen LogP contribution < -0.4 is 5.32 Å². The van der Waals surface area contributed by atoms with Gasteiger partial charge in [0.2, 0.25) is 0 Å². The minimum absolute atomic E-state index is 0.499. The molecule has 1 aliphatic rings. The topological polar surface area (TPSA) is 12.0 Å². The standard InChI is InChI=1S/C15H15Br2NS/c16-12-5-2-1-4-10(12)9-18-13-6-3-7-14-11(13)8-15(17)19-14/h1-2,4-5,8,13,18H,3,6-7,9H2. The summed E-state index contributed by atoms with van der Waals surface area (Å²) in [5.74, 6) is 0. The van der Waals surface area contributed by atoms with Gasteiger partial charge in [-0.05, 0) is 58.5 Å². The molecule has 19 heavy (non-hydrogen) atoms. The largest absolute Gasteiger partial charge is 0.306 e. The van der Waals surface area contributed by atoms with Gasteiger partial charge in [0.1, 0.15) is 0 Å². The first kappa shape index (κ1) is 13.8. The van der Waals surface area contributed by atoms with Gasteiger partial charge in [0, 0.05) is 21.9 Å². The predicted octanol–water partition coefficient (Wildman–Crippen LogP) is 5.44. The lowest BCUT2D eigenvalue weighted by Gasteiger charge is -2.24. The molecule has 0 spiro atoms. The maximum absolute atomic E-state index is 3.70. The van der Waals surface area contributed by atoms with Crippen LogP contribution in [0.2, 0.25) is 0 Å². The second-order valence-corrected chi connectivity index (χ2v) is 8.22. The smallest absolute Gasteiger partial charge is 0.0704 e.